The summed E-state index contributed by atoms with van der Waals surface area (Å²) in [4.78, 5) is 0. The Bertz CT molecular complexity index is 773. The number of fused-ring (bicyclic) bond motifs is 3. The molecule has 4 rings (SSSR count). The fourth-order valence-corrected chi connectivity index (χ4v) is 3.36. The van der Waals surface area contributed by atoms with E-state index in [0.29, 0.717) is 0 Å². The zero-order valence-electron chi connectivity index (χ0n) is 13.0. The first kappa shape index (κ1) is 14.4. The van der Waals surface area contributed by atoms with E-state index in [-0.39, 0.29) is 12.3 Å². The first-order valence-corrected chi connectivity index (χ1v) is 8.00. The Hall–Kier alpha value is -2.20. The van der Waals surface area contributed by atoms with Crippen molar-refractivity contribution in [2.24, 2.45) is 5.10 Å². The quantitative estimate of drug-likeness (QED) is 0.827. The average Bonchev–Trinajstić information content (AvgIpc) is 3.01. The van der Waals surface area contributed by atoms with Crippen molar-refractivity contribution < 1.29 is 9.47 Å². The van der Waals surface area contributed by atoms with Crippen LogP contribution in [-0.4, -0.2) is 24.1 Å². The van der Waals surface area contributed by atoms with Gasteiger partial charge in [0.25, 0.3) is 0 Å². The van der Waals surface area contributed by atoms with Crippen LogP contribution in [0.2, 0.25) is 5.02 Å². The summed E-state index contributed by atoms with van der Waals surface area (Å²) in [7, 11) is 1.67. The molecule has 118 valence electrons. The molecule has 2 aromatic carbocycles. The van der Waals surface area contributed by atoms with E-state index in [0.717, 1.165) is 39.8 Å². The summed E-state index contributed by atoms with van der Waals surface area (Å²) in [5.41, 5.74) is 3.27. The van der Waals surface area contributed by atoms with E-state index in [4.69, 9.17) is 26.2 Å². The highest BCUT2D eigenvalue weighted by atomic mass is 35.5. The predicted molar refractivity (Wildman–Crippen MR) is 90.3 cm³/mol. The topological polar surface area (TPSA) is 34.1 Å². The highest BCUT2D eigenvalue weighted by Crippen LogP contribution is 2.46. The van der Waals surface area contributed by atoms with Gasteiger partial charge in [0.1, 0.15) is 0 Å². The zero-order valence-corrected chi connectivity index (χ0v) is 13.7. The van der Waals surface area contributed by atoms with Crippen LogP contribution in [0.15, 0.2) is 47.6 Å². The molecule has 2 aliphatic heterocycles. The van der Waals surface area contributed by atoms with Gasteiger partial charge in [-0.2, -0.15) is 5.10 Å². The number of ether oxygens (including phenoxy) is 2. The van der Waals surface area contributed by atoms with Crippen molar-refractivity contribution in [2.75, 3.05) is 7.11 Å². The van der Waals surface area contributed by atoms with Crippen LogP contribution >= 0.6 is 11.6 Å². The van der Waals surface area contributed by atoms with Gasteiger partial charge in [0.05, 0.1) is 18.9 Å². The van der Waals surface area contributed by atoms with Gasteiger partial charge in [-0.25, -0.2) is 0 Å². The smallest absolute Gasteiger partial charge is 0.185 e. The van der Waals surface area contributed by atoms with Crippen LogP contribution in [0, 0.1) is 0 Å². The first-order valence-electron chi connectivity index (χ1n) is 7.62. The third-order valence-corrected chi connectivity index (χ3v) is 4.62. The van der Waals surface area contributed by atoms with Gasteiger partial charge in [-0.15, -0.1) is 0 Å². The van der Waals surface area contributed by atoms with Crippen molar-refractivity contribution >= 4 is 17.3 Å². The number of rotatable bonds is 2. The fourth-order valence-electron chi connectivity index (χ4n) is 3.24. The third-order valence-electron chi connectivity index (χ3n) is 4.37. The Morgan fingerprint density at radius 1 is 1.22 bits per heavy atom. The normalized spacial score (nSPS) is 22.0. The number of benzene rings is 2. The summed E-state index contributed by atoms with van der Waals surface area (Å²) in [6.07, 6.45) is 0.712. The van der Waals surface area contributed by atoms with Crippen molar-refractivity contribution in [2.45, 2.75) is 25.6 Å². The van der Waals surface area contributed by atoms with Crippen LogP contribution in [0.5, 0.6) is 11.5 Å². The van der Waals surface area contributed by atoms with Gasteiger partial charge < -0.3 is 9.47 Å². The number of para-hydroxylation sites is 1. The minimum Gasteiger partial charge on any atom is -0.493 e. The van der Waals surface area contributed by atoms with Crippen LogP contribution in [0.3, 0.4) is 0 Å². The predicted octanol–water partition coefficient (Wildman–Crippen LogP) is 4.24. The minimum atomic E-state index is -0.131. The van der Waals surface area contributed by atoms with E-state index in [9.17, 15) is 0 Å². The van der Waals surface area contributed by atoms with E-state index in [1.54, 1.807) is 7.11 Å². The van der Waals surface area contributed by atoms with Crippen LogP contribution in [0.4, 0.5) is 0 Å². The van der Waals surface area contributed by atoms with Crippen LogP contribution < -0.4 is 9.47 Å². The monoisotopic (exact) mass is 328 g/mol. The van der Waals surface area contributed by atoms with Crippen molar-refractivity contribution in [3.63, 3.8) is 0 Å². The highest BCUT2D eigenvalue weighted by molar-refractivity contribution is 6.30. The van der Waals surface area contributed by atoms with Gasteiger partial charge in [-0.05, 0) is 30.7 Å². The van der Waals surface area contributed by atoms with Gasteiger partial charge in [-0.3, -0.25) is 5.01 Å². The molecule has 0 unspecified atom stereocenters. The van der Waals surface area contributed by atoms with Crippen LogP contribution in [0.25, 0.3) is 0 Å². The summed E-state index contributed by atoms with van der Waals surface area (Å²) in [6, 6.07) is 14.0. The molecule has 5 heteroatoms. The van der Waals surface area contributed by atoms with Crippen molar-refractivity contribution in [1.82, 2.24) is 5.01 Å². The Labute approximate surface area is 140 Å². The maximum Gasteiger partial charge on any atom is 0.185 e. The molecule has 0 spiro atoms. The van der Waals surface area contributed by atoms with Crippen LogP contribution in [0.1, 0.15) is 30.5 Å². The Kier molecular flexibility index (Phi) is 3.42. The summed E-state index contributed by atoms with van der Waals surface area (Å²) in [5.74, 6) is 1.60. The molecule has 0 saturated carbocycles. The molecule has 4 nitrogen and oxygen atoms in total. The molecule has 0 saturated heterocycles. The lowest BCUT2D eigenvalue weighted by Crippen LogP contribution is -2.38. The molecule has 2 atom stereocenters. The van der Waals surface area contributed by atoms with Gasteiger partial charge in [-0.1, -0.05) is 35.9 Å². The molecule has 0 aliphatic carbocycles. The van der Waals surface area contributed by atoms with Crippen molar-refractivity contribution in [3.05, 3.63) is 58.6 Å². The molecule has 0 radical (unpaired) electrons. The SMILES string of the molecule is COc1cccc2c1O[C@H](C)N1N=C(c3ccc(Cl)cc3)C[C@@H]21. The van der Waals surface area contributed by atoms with Gasteiger partial charge in [0, 0.05) is 17.0 Å². The van der Waals surface area contributed by atoms with E-state index >= 15 is 0 Å². The number of methoxy groups -OCH3 is 1. The average molecular weight is 329 g/mol. The first-order chi connectivity index (χ1) is 11.2. The highest BCUT2D eigenvalue weighted by Gasteiger charge is 2.39. The minimum absolute atomic E-state index is 0.131. The van der Waals surface area contributed by atoms with Crippen molar-refractivity contribution in [3.8, 4) is 11.5 Å². The maximum absolute atomic E-state index is 6.04. The molecule has 2 heterocycles. The van der Waals surface area contributed by atoms with Gasteiger partial charge >= 0.3 is 0 Å². The number of nitrogens with zero attached hydrogens (tertiary/aromatic N) is 2. The van der Waals surface area contributed by atoms with Crippen LogP contribution in [-0.2, 0) is 0 Å². The summed E-state index contributed by atoms with van der Waals surface area (Å²) in [5, 5.41) is 7.55. The Morgan fingerprint density at radius 3 is 2.74 bits per heavy atom. The second kappa shape index (κ2) is 5.46. The Morgan fingerprint density at radius 2 is 2.00 bits per heavy atom. The lowest BCUT2D eigenvalue weighted by atomic mass is 9.96. The third kappa shape index (κ3) is 2.34. The number of hydrazone groups is 1. The lowest BCUT2D eigenvalue weighted by Gasteiger charge is -2.36. The zero-order chi connectivity index (χ0) is 16.0. The molecule has 2 aliphatic rings. The van der Waals surface area contributed by atoms with E-state index in [1.165, 1.54) is 0 Å². The number of hydrogen-bond acceptors (Lipinski definition) is 4. The molecule has 0 N–H and O–H groups in total. The molecule has 2 aromatic rings. The largest absolute Gasteiger partial charge is 0.493 e. The van der Waals surface area contributed by atoms with E-state index in [2.05, 4.69) is 6.07 Å². The molecule has 0 aromatic heterocycles. The molecule has 0 amide bonds. The molecule has 23 heavy (non-hydrogen) atoms. The summed E-state index contributed by atoms with van der Waals surface area (Å²) in [6.45, 7) is 2.01. The second-order valence-corrected chi connectivity index (χ2v) is 6.19. The number of hydrogen-bond donors (Lipinski definition) is 0. The Balaban J connectivity index is 1.72. The standard InChI is InChI=1S/C18H17ClN2O2/c1-11-21-16(14-4-3-5-17(22-2)18(14)23-11)10-15(20-21)12-6-8-13(19)9-7-12/h3-9,11,16H,10H2,1-2H3/t11-,16+/m1/s1. The lowest BCUT2D eigenvalue weighted by molar-refractivity contribution is -0.00535. The molecular weight excluding hydrogens is 312 g/mol. The molecule has 0 bridgehead atoms. The van der Waals surface area contributed by atoms with Crippen molar-refractivity contribution in [1.29, 1.82) is 0 Å². The second-order valence-electron chi connectivity index (χ2n) is 5.75. The molecular formula is C18H17ClN2O2. The summed E-state index contributed by atoms with van der Waals surface area (Å²) < 4.78 is 11.5. The van der Waals surface area contributed by atoms with Gasteiger partial charge in [0.2, 0.25) is 0 Å². The molecule has 0 fully saturated rings. The fraction of sp³-hybridized carbons (Fsp3) is 0.278. The number of halogens is 1. The summed E-state index contributed by atoms with van der Waals surface area (Å²) >= 11 is 5.98. The van der Waals surface area contributed by atoms with Gasteiger partial charge in [0.15, 0.2) is 17.7 Å². The maximum atomic E-state index is 6.04. The van der Waals surface area contributed by atoms with E-state index < -0.39 is 0 Å². The van der Waals surface area contributed by atoms with E-state index in [1.807, 2.05) is 48.3 Å².